The standard InChI is InChI=1S/C25H29NO4.ClH/c1-14-3-6-16-11-18-23-7-8-25(29-2,17(12-23)21(27)28)22-24(23,19(16)20(14)30-22)9-10-26(18)13-15-4-5-15;/h3,6,12,15,18,22H,4-5,7-11,13H2,1-2H3,(H,27,28);1H/t18-,22-,23-,24+,25-;/m1./s1. The lowest BCUT2D eigenvalue weighted by atomic mass is 9.38. The van der Waals surface area contributed by atoms with Gasteiger partial charge in [-0.2, -0.15) is 0 Å². The van der Waals surface area contributed by atoms with Crippen LogP contribution in [-0.2, 0) is 21.4 Å². The predicted molar refractivity (Wildman–Crippen MR) is 118 cm³/mol. The minimum atomic E-state index is -0.864. The second-order valence-corrected chi connectivity index (χ2v) is 10.6. The minimum absolute atomic E-state index is 0. The number of halogens is 1. The number of carboxylic acid groups (broad SMARTS) is 1. The molecule has 166 valence electrons. The first kappa shape index (κ1) is 20.1. The fourth-order valence-corrected chi connectivity index (χ4v) is 8.24. The lowest BCUT2D eigenvalue weighted by Gasteiger charge is -2.70. The number of methoxy groups -OCH3 is 1. The smallest absolute Gasteiger partial charge is 0.334 e. The maximum Gasteiger partial charge on any atom is 0.334 e. The van der Waals surface area contributed by atoms with Crippen molar-refractivity contribution in [1.82, 2.24) is 4.90 Å². The van der Waals surface area contributed by atoms with Gasteiger partial charge in [0.25, 0.3) is 0 Å². The highest BCUT2D eigenvalue weighted by molar-refractivity contribution is 5.91. The van der Waals surface area contributed by atoms with E-state index in [9.17, 15) is 9.90 Å². The number of piperidine rings is 1. The molecule has 3 fully saturated rings. The van der Waals surface area contributed by atoms with E-state index in [4.69, 9.17) is 9.47 Å². The van der Waals surface area contributed by atoms with E-state index in [0.717, 1.165) is 56.0 Å². The predicted octanol–water partition coefficient (Wildman–Crippen LogP) is 3.65. The van der Waals surface area contributed by atoms with Crippen molar-refractivity contribution in [2.45, 2.75) is 68.6 Å². The van der Waals surface area contributed by atoms with E-state index < -0.39 is 11.6 Å². The molecule has 5 aliphatic carbocycles. The molecule has 1 saturated heterocycles. The minimum Gasteiger partial charge on any atom is -0.485 e. The Labute approximate surface area is 189 Å². The molecule has 2 aliphatic heterocycles. The number of likely N-dealkylation sites (tertiary alicyclic amines) is 1. The van der Waals surface area contributed by atoms with Crippen molar-refractivity contribution in [3.63, 3.8) is 0 Å². The summed E-state index contributed by atoms with van der Waals surface area (Å²) in [5.74, 6) is 0.994. The Balaban J connectivity index is 0.00000185. The molecule has 2 spiro atoms. The van der Waals surface area contributed by atoms with E-state index in [1.807, 2.05) is 0 Å². The molecule has 2 saturated carbocycles. The van der Waals surface area contributed by atoms with Crippen molar-refractivity contribution in [1.29, 1.82) is 0 Å². The van der Waals surface area contributed by atoms with E-state index in [-0.39, 0.29) is 29.3 Å². The molecule has 2 heterocycles. The van der Waals surface area contributed by atoms with Crippen LogP contribution < -0.4 is 4.74 Å². The fourth-order valence-electron chi connectivity index (χ4n) is 8.24. The molecule has 8 rings (SSSR count). The Morgan fingerprint density at radius 1 is 1.29 bits per heavy atom. The molecule has 5 atom stereocenters. The zero-order chi connectivity index (χ0) is 20.5. The second kappa shape index (κ2) is 6.06. The summed E-state index contributed by atoms with van der Waals surface area (Å²) in [7, 11) is 1.67. The Morgan fingerprint density at radius 2 is 2.10 bits per heavy atom. The first-order chi connectivity index (χ1) is 14.5. The molecular weight excluding hydrogens is 414 g/mol. The maximum absolute atomic E-state index is 12.5. The van der Waals surface area contributed by atoms with E-state index >= 15 is 0 Å². The highest BCUT2D eigenvalue weighted by atomic mass is 35.5. The molecule has 4 bridgehead atoms. The number of hydrogen-bond donors (Lipinski definition) is 1. The monoisotopic (exact) mass is 443 g/mol. The first-order valence-electron chi connectivity index (χ1n) is 11.5. The molecule has 0 radical (unpaired) electrons. The first-order valence-corrected chi connectivity index (χ1v) is 11.5. The number of carboxylic acids is 1. The molecule has 1 aromatic rings. The van der Waals surface area contributed by atoms with Gasteiger partial charge in [0.15, 0.2) is 0 Å². The molecule has 0 amide bonds. The number of nitrogens with zero attached hydrogens (tertiary/aromatic N) is 1. The van der Waals surface area contributed by atoms with E-state index in [1.165, 1.54) is 24.0 Å². The van der Waals surface area contributed by atoms with Crippen LogP contribution in [0.4, 0.5) is 0 Å². The zero-order valence-corrected chi connectivity index (χ0v) is 19.0. The van der Waals surface area contributed by atoms with Crippen molar-refractivity contribution in [3.05, 3.63) is 40.5 Å². The molecule has 7 aliphatic rings. The Kier molecular flexibility index (Phi) is 3.93. The highest BCUT2D eigenvalue weighted by Gasteiger charge is 2.79. The van der Waals surface area contributed by atoms with Crippen LogP contribution in [0.25, 0.3) is 0 Å². The molecule has 0 aromatic heterocycles. The van der Waals surface area contributed by atoms with Gasteiger partial charge in [-0.15, -0.1) is 12.4 Å². The average Bonchev–Trinajstić information content (AvgIpc) is 3.48. The van der Waals surface area contributed by atoms with Crippen LogP contribution in [0.2, 0.25) is 0 Å². The summed E-state index contributed by atoms with van der Waals surface area (Å²) in [6, 6.07) is 4.85. The summed E-state index contributed by atoms with van der Waals surface area (Å²) in [5, 5.41) is 10.2. The van der Waals surface area contributed by atoms with Gasteiger partial charge in [0.1, 0.15) is 17.5 Å². The Hall–Kier alpha value is -1.56. The Morgan fingerprint density at radius 3 is 2.81 bits per heavy atom. The molecule has 31 heavy (non-hydrogen) atoms. The zero-order valence-electron chi connectivity index (χ0n) is 18.1. The van der Waals surface area contributed by atoms with Gasteiger partial charge < -0.3 is 14.6 Å². The van der Waals surface area contributed by atoms with Crippen LogP contribution >= 0.6 is 12.4 Å². The van der Waals surface area contributed by atoms with Crippen LogP contribution in [0.5, 0.6) is 5.75 Å². The number of rotatable bonds is 4. The van der Waals surface area contributed by atoms with Gasteiger partial charge in [0.2, 0.25) is 0 Å². The van der Waals surface area contributed by atoms with Gasteiger partial charge in [0, 0.05) is 30.7 Å². The van der Waals surface area contributed by atoms with Gasteiger partial charge in [-0.3, -0.25) is 4.90 Å². The van der Waals surface area contributed by atoms with Crippen LogP contribution in [0.3, 0.4) is 0 Å². The van der Waals surface area contributed by atoms with Crippen LogP contribution in [0.15, 0.2) is 23.8 Å². The number of fused-ring (bicyclic) bond motifs is 1. The number of carbonyl (C=O) groups is 1. The molecule has 5 nitrogen and oxygen atoms in total. The molecular formula is C25H30ClNO4. The lowest BCUT2D eigenvalue weighted by molar-refractivity contribution is -0.199. The topological polar surface area (TPSA) is 59.0 Å². The van der Waals surface area contributed by atoms with Gasteiger partial charge in [-0.1, -0.05) is 18.2 Å². The third-order valence-corrected chi connectivity index (χ3v) is 9.62. The third-order valence-electron chi connectivity index (χ3n) is 9.62. The summed E-state index contributed by atoms with van der Waals surface area (Å²) in [5.41, 5.74) is 3.19. The summed E-state index contributed by atoms with van der Waals surface area (Å²) in [6.45, 7) is 4.36. The SMILES string of the molecule is CO[C@]12CC[C@@]3(C=C1C(=O)O)[C@H]1Cc4ccc(C)c5c4[C@@]3(CCN1CC1CC1)[C@H]2O5.Cl. The third kappa shape index (κ3) is 2.05. The Bertz CT molecular complexity index is 1030. The molecule has 0 unspecified atom stereocenters. The number of hydrogen-bond acceptors (Lipinski definition) is 4. The van der Waals surface area contributed by atoms with Crippen LogP contribution in [0, 0.1) is 18.3 Å². The largest absolute Gasteiger partial charge is 0.485 e. The number of benzene rings is 1. The molecule has 6 heteroatoms. The fraction of sp³-hybridized carbons (Fsp3) is 0.640. The van der Waals surface area contributed by atoms with Crippen molar-refractivity contribution in [2.24, 2.45) is 11.3 Å². The van der Waals surface area contributed by atoms with Gasteiger partial charge >= 0.3 is 5.97 Å². The summed E-state index contributed by atoms with van der Waals surface area (Å²) < 4.78 is 12.9. The highest BCUT2D eigenvalue weighted by Crippen LogP contribution is 2.74. The average molecular weight is 444 g/mol. The van der Waals surface area contributed by atoms with Gasteiger partial charge in [-0.05, 0) is 69.0 Å². The summed E-state index contributed by atoms with van der Waals surface area (Å²) in [4.78, 5) is 15.2. The van der Waals surface area contributed by atoms with Crippen molar-refractivity contribution in [3.8, 4) is 5.75 Å². The van der Waals surface area contributed by atoms with Gasteiger partial charge in [0.05, 0.1) is 11.0 Å². The van der Waals surface area contributed by atoms with Crippen LogP contribution in [-0.4, -0.2) is 53.9 Å². The number of aryl methyl sites for hydroxylation is 1. The van der Waals surface area contributed by atoms with Gasteiger partial charge in [-0.25, -0.2) is 4.79 Å². The van der Waals surface area contributed by atoms with E-state index in [1.54, 1.807) is 7.11 Å². The number of aliphatic carboxylic acids is 1. The van der Waals surface area contributed by atoms with Crippen molar-refractivity contribution < 1.29 is 19.4 Å². The van der Waals surface area contributed by atoms with Crippen molar-refractivity contribution >= 4 is 18.4 Å². The summed E-state index contributed by atoms with van der Waals surface area (Å²) >= 11 is 0. The van der Waals surface area contributed by atoms with Crippen LogP contribution in [0.1, 0.15) is 48.8 Å². The van der Waals surface area contributed by atoms with E-state index in [2.05, 4.69) is 30.0 Å². The normalized spacial score (nSPS) is 41.2. The molecule has 1 N–H and O–H groups in total. The maximum atomic E-state index is 12.5. The lowest BCUT2D eigenvalue weighted by Crippen LogP contribution is -2.78. The summed E-state index contributed by atoms with van der Waals surface area (Å²) in [6.07, 6.45) is 8.33. The van der Waals surface area contributed by atoms with Crippen molar-refractivity contribution in [2.75, 3.05) is 20.2 Å². The molecule has 1 aromatic carbocycles. The number of ether oxygens (including phenoxy) is 2. The quantitative estimate of drug-likeness (QED) is 0.769. The second-order valence-electron chi connectivity index (χ2n) is 10.6. The van der Waals surface area contributed by atoms with E-state index in [0.29, 0.717) is 11.6 Å².